The molecule has 0 fully saturated rings. The lowest BCUT2D eigenvalue weighted by Gasteiger charge is -2.08. The monoisotopic (exact) mass is 368 g/mol. The largest absolute Gasteiger partial charge is 0.457 e. The van der Waals surface area contributed by atoms with Crippen LogP contribution in [0.4, 0.5) is 0 Å². The second-order valence-corrected chi connectivity index (χ2v) is 8.00. The number of hydrogen-bond acceptors (Lipinski definition) is 5. The molecule has 2 aromatic heterocycles. The first kappa shape index (κ1) is 17.0. The van der Waals surface area contributed by atoms with Crippen molar-refractivity contribution < 1.29 is 13.9 Å². The minimum absolute atomic E-state index is 0.0615. The van der Waals surface area contributed by atoms with Gasteiger partial charge < -0.3 is 9.15 Å². The van der Waals surface area contributed by atoms with Gasteiger partial charge in [-0.1, -0.05) is 0 Å². The fraction of sp³-hybridized carbons (Fsp3) is 0.333. The fourth-order valence-corrected chi connectivity index (χ4v) is 4.56. The van der Waals surface area contributed by atoms with Gasteiger partial charge in [0.25, 0.3) is 0 Å². The smallest absolute Gasteiger partial charge is 0.348 e. The average Bonchev–Trinajstić information content (AvgIpc) is 3.05. The van der Waals surface area contributed by atoms with Crippen molar-refractivity contribution in [2.24, 2.45) is 0 Å². The third kappa shape index (κ3) is 3.19. The highest BCUT2D eigenvalue weighted by atomic mass is 32.1. The molecule has 0 radical (unpaired) electrons. The number of aryl methyl sites for hydroxylation is 4. The highest BCUT2D eigenvalue weighted by Gasteiger charge is 2.19. The number of hydrogen-bond donors (Lipinski definition) is 0. The van der Waals surface area contributed by atoms with E-state index in [1.54, 1.807) is 0 Å². The molecule has 5 heteroatoms. The molecule has 2 heterocycles. The summed E-state index contributed by atoms with van der Waals surface area (Å²) in [4.78, 5) is 26.3. The molecule has 0 N–H and O–H groups in total. The first-order valence-corrected chi connectivity index (χ1v) is 9.65. The van der Waals surface area contributed by atoms with Gasteiger partial charge in [-0.05, 0) is 74.4 Å². The van der Waals surface area contributed by atoms with Crippen molar-refractivity contribution in [2.75, 3.05) is 0 Å². The standard InChI is InChI=1S/C21H20O4S/c1-12-7-16-15(10-20(22)25-17(16)8-13(12)2)11-24-21(23)19-9-14-5-3-4-6-18(14)26-19/h7-10H,3-6,11H2,1-2H3. The first-order chi connectivity index (χ1) is 12.5. The third-order valence-electron chi connectivity index (χ3n) is 5.00. The van der Waals surface area contributed by atoms with Crippen molar-refractivity contribution in [3.63, 3.8) is 0 Å². The molecule has 0 saturated heterocycles. The summed E-state index contributed by atoms with van der Waals surface area (Å²) in [6.07, 6.45) is 4.47. The van der Waals surface area contributed by atoms with Gasteiger partial charge in [-0.2, -0.15) is 0 Å². The average molecular weight is 368 g/mol. The Balaban J connectivity index is 1.59. The number of fused-ring (bicyclic) bond motifs is 2. The summed E-state index contributed by atoms with van der Waals surface area (Å²) in [5, 5.41) is 0.811. The molecule has 4 nitrogen and oxygen atoms in total. The van der Waals surface area contributed by atoms with Crippen LogP contribution in [0.25, 0.3) is 11.0 Å². The summed E-state index contributed by atoms with van der Waals surface area (Å²) >= 11 is 1.53. The van der Waals surface area contributed by atoms with E-state index < -0.39 is 5.63 Å². The Kier molecular flexibility index (Phi) is 4.41. The van der Waals surface area contributed by atoms with E-state index in [4.69, 9.17) is 9.15 Å². The number of ether oxygens (including phenoxy) is 1. The zero-order valence-electron chi connectivity index (χ0n) is 14.9. The van der Waals surface area contributed by atoms with E-state index in [2.05, 4.69) is 0 Å². The minimum atomic E-state index is -0.432. The molecule has 3 aromatic rings. The Hall–Kier alpha value is -2.40. The zero-order valence-corrected chi connectivity index (χ0v) is 15.7. The van der Waals surface area contributed by atoms with Crippen LogP contribution in [0.5, 0.6) is 0 Å². The molecule has 4 rings (SSSR count). The van der Waals surface area contributed by atoms with E-state index in [0.29, 0.717) is 16.0 Å². The summed E-state index contributed by atoms with van der Waals surface area (Å²) in [5.74, 6) is -0.324. The number of thiophene rings is 1. The van der Waals surface area contributed by atoms with Gasteiger partial charge in [0.15, 0.2) is 0 Å². The van der Waals surface area contributed by atoms with E-state index >= 15 is 0 Å². The molecular formula is C21H20O4S. The molecule has 0 bridgehead atoms. The van der Waals surface area contributed by atoms with Gasteiger partial charge in [0.2, 0.25) is 0 Å². The molecule has 134 valence electrons. The van der Waals surface area contributed by atoms with Crippen LogP contribution in [0.3, 0.4) is 0 Å². The zero-order chi connectivity index (χ0) is 18.3. The SMILES string of the molecule is Cc1cc2oc(=O)cc(COC(=O)c3cc4c(s3)CCCC4)c2cc1C. The van der Waals surface area contributed by atoms with E-state index in [9.17, 15) is 9.59 Å². The van der Waals surface area contributed by atoms with Crippen molar-refractivity contribution >= 4 is 28.3 Å². The Morgan fingerprint density at radius 1 is 1.12 bits per heavy atom. The fourth-order valence-electron chi connectivity index (χ4n) is 3.41. The lowest BCUT2D eigenvalue weighted by Crippen LogP contribution is -2.07. The molecule has 0 aliphatic heterocycles. The normalized spacial score (nSPS) is 13.6. The van der Waals surface area contributed by atoms with Gasteiger partial charge in [0, 0.05) is 21.9 Å². The summed E-state index contributed by atoms with van der Waals surface area (Å²) in [6, 6.07) is 7.20. The van der Waals surface area contributed by atoms with Crippen LogP contribution < -0.4 is 5.63 Å². The second kappa shape index (κ2) is 6.72. The highest BCUT2D eigenvalue weighted by molar-refractivity contribution is 7.14. The molecule has 0 atom stereocenters. The van der Waals surface area contributed by atoms with Crippen LogP contribution >= 0.6 is 11.3 Å². The van der Waals surface area contributed by atoms with Crippen LogP contribution in [0.1, 0.15) is 49.6 Å². The molecule has 0 spiro atoms. The van der Waals surface area contributed by atoms with Gasteiger partial charge in [0.1, 0.15) is 17.1 Å². The second-order valence-electron chi connectivity index (χ2n) is 6.87. The molecule has 0 unspecified atom stereocenters. The van der Waals surface area contributed by atoms with Crippen LogP contribution in [-0.4, -0.2) is 5.97 Å². The minimum Gasteiger partial charge on any atom is -0.457 e. The van der Waals surface area contributed by atoms with E-state index in [-0.39, 0.29) is 12.6 Å². The number of carbonyl (C=O) groups excluding carboxylic acids is 1. The topological polar surface area (TPSA) is 56.5 Å². The maximum Gasteiger partial charge on any atom is 0.348 e. The number of benzene rings is 1. The number of carbonyl (C=O) groups is 1. The van der Waals surface area contributed by atoms with Crippen molar-refractivity contribution in [1.82, 2.24) is 0 Å². The Bertz CT molecular complexity index is 1030. The lowest BCUT2D eigenvalue weighted by molar-refractivity contribution is 0.0479. The van der Waals surface area contributed by atoms with Crippen LogP contribution in [0.15, 0.2) is 33.5 Å². The quantitative estimate of drug-likeness (QED) is 0.496. The summed E-state index contributed by atoms with van der Waals surface area (Å²) in [5.41, 5.74) is 4.21. The third-order valence-corrected chi connectivity index (χ3v) is 6.22. The summed E-state index contributed by atoms with van der Waals surface area (Å²) < 4.78 is 10.8. The van der Waals surface area contributed by atoms with Crippen molar-refractivity contribution in [3.05, 3.63) is 66.7 Å². The summed E-state index contributed by atoms with van der Waals surface area (Å²) in [7, 11) is 0. The van der Waals surface area contributed by atoms with Gasteiger partial charge >= 0.3 is 11.6 Å². The first-order valence-electron chi connectivity index (χ1n) is 8.84. The molecule has 1 aliphatic rings. The van der Waals surface area contributed by atoms with Crippen LogP contribution in [0.2, 0.25) is 0 Å². The Morgan fingerprint density at radius 3 is 2.69 bits per heavy atom. The predicted molar refractivity (Wildman–Crippen MR) is 102 cm³/mol. The Labute approximate surface area is 155 Å². The molecule has 1 aliphatic carbocycles. The molecule has 1 aromatic carbocycles. The maximum atomic E-state index is 12.5. The molecule has 0 amide bonds. The van der Waals surface area contributed by atoms with Gasteiger partial charge in [-0.15, -0.1) is 11.3 Å². The van der Waals surface area contributed by atoms with Crippen molar-refractivity contribution in [1.29, 1.82) is 0 Å². The van der Waals surface area contributed by atoms with Crippen molar-refractivity contribution in [2.45, 2.75) is 46.1 Å². The van der Waals surface area contributed by atoms with Gasteiger partial charge in [0.05, 0.1) is 0 Å². The van der Waals surface area contributed by atoms with E-state index in [1.165, 1.54) is 40.7 Å². The van der Waals surface area contributed by atoms with E-state index in [0.717, 1.165) is 29.4 Å². The maximum absolute atomic E-state index is 12.5. The lowest BCUT2D eigenvalue weighted by atomic mass is 9.99. The van der Waals surface area contributed by atoms with Crippen LogP contribution in [-0.2, 0) is 24.2 Å². The molecule has 26 heavy (non-hydrogen) atoms. The number of esters is 1. The summed E-state index contributed by atoms with van der Waals surface area (Å²) in [6.45, 7) is 4.04. The Morgan fingerprint density at radius 2 is 1.88 bits per heavy atom. The molecular weight excluding hydrogens is 348 g/mol. The van der Waals surface area contributed by atoms with Gasteiger partial charge in [-0.3, -0.25) is 0 Å². The molecule has 0 saturated carbocycles. The van der Waals surface area contributed by atoms with E-state index in [1.807, 2.05) is 32.0 Å². The van der Waals surface area contributed by atoms with Crippen molar-refractivity contribution in [3.8, 4) is 0 Å². The highest BCUT2D eigenvalue weighted by Crippen LogP contribution is 2.30. The van der Waals surface area contributed by atoms with Gasteiger partial charge in [-0.25, -0.2) is 9.59 Å². The number of rotatable bonds is 3. The van der Waals surface area contributed by atoms with Crippen LogP contribution in [0, 0.1) is 13.8 Å². The predicted octanol–water partition coefficient (Wildman–Crippen LogP) is 4.71.